The minimum atomic E-state index is -3.10. The summed E-state index contributed by atoms with van der Waals surface area (Å²) in [5.74, 6) is 0. The van der Waals surface area contributed by atoms with E-state index in [2.05, 4.69) is 4.98 Å². The van der Waals surface area contributed by atoms with Crippen molar-refractivity contribution >= 4 is 5.69 Å². The van der Waals surface area contributed by atoms with Crippen LogP contribution in [0, 0.1) is 10.1 Å². The molecule has 0 aliphatic heterocycles. The highest BCUT2D eigenvalue weighted by Crippen LogP contribution is 2.18. The Hall–Kier alpha value is -1.83. The topological polar surface area (TPSA) is 96.2 Å². The Balaban J connectivity index is 3.50. The molecule has 0 saturated carbocycles. The van der Waals surface area contributed by atoms with Gasteiger partial charge in [0.15, 0.2) is 0 Å². The summed E-state index contributed by atoms with van der Waals surface area (Å²) < 4.78 is 24.4. The van der Waals surface area contributed by atoms with Gasteiger partial charge in [-0.3, -0.25) is 14.9 Å². The Morgan fingerprint density at radius 2 is 2.20 bits per heavy atom. The molecule has 0 amide bonds. The quantitative estimate of drug-likeness (QED) is 0.579. The van der Waals surface area contributed by atoms with E-state index in [1.165, 1.54) is 0 Å². The Morgan fingerprint density at radius 3 is 2.60 bits per heavy atom. The van der Waals surface area contributed by atoms with Crippen molar-refractivity contribution in [3.05, 3.63) is 37.8 Å². The molecule has 0 aliphatic carbocycles. The van der Waals surface area contributed by atoms with Crippen LogP contribution in [-0.2, 0) is 6.61 Å². The molecule has 0 aliphatic rings. The molecule has 1 aromatic heterocycles. The second-order valence-corrected chi connectivity index (χ2v) is 2.62. The number of hydrogen-bond donors (Lipinski definition) is 2. The van der Waals surface area contributed by atoms with Crippen molar-refractivity contribution in [3.63, 3.8) is 0 Å². The fraction of sp³-hybridized carbons (Fsp3) is 0.286. The average Bonchev–Trinajstić information content (AvgIpc) is 2.15. The number of aliphatic hydroxyl groups is 1. The summed E-state index contributed by atoms with van der Waals surface area (Å²) in [5.41, 5.74) is -3.80. The van der Waals surface area contributed by atoms with Crippen molar-refractivity contribution < 1.29 is 18.8 Å². The molecule has 15 heavy (non-hydrogen) atoms. The largest absolute Gasteiger partial charge is 0.390 e. The number of nitrogens with zero attached hydrogens (tertiary/aromatic N) is 1. The number of aromatic nitrogens is 1. The Labute approximate surface area is 81.3 Å². The van der Waals surface area contributed by atoms with Crippen LogP contribution < -0.4 is 5.43 Å². The number of halogens is 2. The lowest BCUT2D eigenvalue weighted by Crippen LogP contribution is -2.17. The number of rotatable bonds is 3. The van der Waals surface area contributed by atoms with Gasteiger partial charge in [-0.15, -0.1) is 0 Å². The molecular formula is C7H6F2N2O4. The van der Waals surface area contributed by atoms with Crippen molar-refractivity contribution in [1.82, 2.24) is 4.98 Å². The molecule has 82 valence electrons. The molecule has 0 radical (unpaired) electrons. The summed E-state index contributed by atoms with van der Waals surface area (Å²) in [7, 11) is 0. The number of pyridine rings is 1. The zero-order valence-electron chi connectivity index (χ0n) is 7.24. The van der Waals surface area contributed by atoms with Gasteiger partial charge < -0.3 is 10.1 Å². The van der Waals surface area contributed by atoms with Crippen molar-refractivity contribution in [2.45, 2.75) is 13.0 Å². The van der Waals surface area contributed by atoms with Gasteiger partial charge in [0.1, 0.15) is 5.69 Å². The van der Waals surface area contributed by atoms with Crippen molar-refractivity contribution in [2.24, 2.45) is 0 Å². The minimum Gasteiger partial charge on any atom is -0.390 e. The molecule has 2 N–H and O–H groups in total. The maximum absolute atomic E-state index is 12.2. The molecule has 0 spiro atoms. The normalized spacial score (nSPS) is 10.7. The summed E-state index contributed by atoms with van der Waals surface area (Å²) in [6.07, 6.45) is -2.44. The lowest BCUT2D eigenvalue weighted by atomic mass is 10.2. The van der Waals surface area contributed by atoms with E-state index in [-0.39, 0.29) is 0 Å². The van der Waals surface area contributed by atoms with E-state index in [0.29, 0.717) is 6.20 Å². The molecular weight excluding hydrogens is 214 g/mol. The Morgan fingerprint density at radius 1 is 1.60 bits per heavy atom. The number of aliphatic hydroxyl groups excluding tert-OH is 1. The van der Waals surface area contributed by atoms with Crippen LogP contribution in [0.1, 0.15) is 17.7 Å². The van der Waals surface area contributed by atoms with Crippen LogP contribution in [0.15, 0.2) is 11.0 Å². The SMILES string of the molecule is O=c1c(C(F)F)c[nH]c(CO)c1[N+](=O)[O-]. The monoisotopic (exact) mass is 220 g/mol. The predicted molar refractivity (Wildman–Crippen MR) is 44.6 cm³/mol. The molecule has 6 nitrogen and oxygen atoms in total. The van der Waals surface area contributed by atoms with Gasteiger partial charge in [-0.25, -0.2) is 8.78 Å². The van der Waals surface area contributed by atoms with Crippen LogP contribution in [0.4, 0.5) is 14.5 Å². The molecule has 1 aromatic rings. The van der Waals surface area contributed by atoms with Crippen LogP contribution in [0.25, 0.3) is 0 Å². The number of hydrogen-bond acceptors (Lipinski definition) is 4. The first-order valence-corrected chi connectivity index (χ1v) is 3.77. The van der Waals surface area contributed by atoms with Crippen LogP contribution in [0.5, 0.6) is 0 Å². The first-order valence-electron chi connectivity index (χ1n) is 3.77. The third kappa shape index (κ3) is 1.99. The number of nitro groups is 1. The summed E-state index contributed by atoms with van der Waals surface area (Å²) in [4.78, 5) is 22.6. The van der Waals surface area contributed by atoms with Gasteiger partial charge in [0.2, 0.25) is 0 Å². The van der Waals surface area contributed by atoms with Crippen LogP contribution >= 0.6 is 0 Å². The molecule has 1 rings (SSSR count). The number of H-pyrrole nitrogens is 1. The second kappa shape index (κ2) is 4.13. The summed E-state index contributed by atoms with van der Waals surface area (Å²) in [5, 5.41) is 19.1. The van der Waals surface area contributed by atoms with Crippen molar-refractivity contribution in [2.75, 3.05) is 0 Å². The highest BCUT2D eigenvalue weighted by Gasteiger charge is 2.25. The number of alkyl halides is 2. The van der Waals surface area contributed by atoms with E-state index in [0.717, 1.165) is 0 Å². The second-order valence-electron chi connectivity index (χ2n) is 2.62. The fourth-order valence-electron chi connectivity index (χ4n) is 1.05. The first-order chi connectivity index (χ1) is 6.99. The summed E-state index contributed by atoms with van der Waals surface area (Å²) in [6.45, 7) is -0.797. The minimum absolute atomic E-state index is 0.394. The van der Waals surface area contributed by atoms with Crippen molar-refractivity contribution in [3.8, 4) is 0 Å². The van der Waals surface area contributed by atoms with Gasteiger partial charge in [0, 0.05) is 6.20 Å². The third-order valence-corrected chi connectivity index (χ3v) is 1.74. The molecule has 0 unspecified atom stereocenters. The van der Waals surface area contributed by atoms with Gasteiger partial charge in [0.05, 0.1) is 17.1 Å². The smallest absolute Gasteiger partial charge is 0.338 e. The number of aromatic amines is 1. The molecule has 0 atom stereocenters. The number of nitrogens with one attached hydrogen (secondary N) is 1. The molecule has 0 saturated heterocycles. The maximum Gasteiger partial charge on any atom is 0.338 e. The highest BCUT2D eigenvalue weighted by molar-refractivity contribution is 5.38. The first kappa shape index (κ1) is 11.2. The predicted octanol–water partition coefficient (Wildman–Crippen LogP) is 0.713. The Bertz CT molecular complexity index is 443. The standard InChI is InChI=1S/C7H6F2N2O4/c8-7(9)3-1-10-4(2-12)5(6(3)13)11(14)15/h1,7,12H,2H2,(H,10,13). The van der Waals surface area contributed by atoms with E-state index in [1.54, 1.807) is 0 Å². The van der Waals surface area contributed by atoms with E-state index in [1.807, 2.05) is 0 Å². The van der Waals surface area contributed by atoms with Crippen LogP contribution in [0.3, 0.4) is 0 Å². The van der Waals surface area contributed by atoms with Crippen LogP contribution in [0.2, 0.25) is 0 Å². The third-order valence-electron chi connectivity index (χ3n) is 1.74. The van der Waals surface area contributed by atoms with Gasteiger partial charge in [-0.1, -0.05) is 0 Å². The summed E-state index contributed by atoms with van der Waals surface area (Å²) in [6, 6.07) is 0. The average molecular weight is 220 g/mol. The van der Waals surface area contributed by atoms with Gasteiger partial charge >= 0.3 is 5.69 Å². The zero-order valence-corrected chi connectivity index (χ0v) is 7.24. The molecule has 1 heterocycles. The fourth-order valence-corrected chi connectivity index (χ4v) is 1.05. The maximum atomic E-state index is 12.2. The summed E-state index contributed by atoms with van der Waals surface area (Å²) >= 11 is 0. The van der Waals surface area contributed by atoms with E-state index < -0.39 is 40.3 Å². The van der Waals surface area contributed by atoms with E-state index in [9.17, 15) is 23.7 Å². The highest BCUT2D eigenvalue weighted by atomic mass is 19.3. The molecule has 0 aromatic carbocycles. The van der Waals surface area contributed by atoms with Crippen LogP contribution in [-0.4, -0.2) is 15.0 Å². The zero-order chi connectivity index (χ0) is 11.6. The lowest BCUT2D eigenvalue weighted by Gasteiger charge is -2.02. The van der Waals surface area contributed by atoms with E-state index in [4.69, 9.17) is 5.11 Å². The van der Waals surface area contributed by atoms with Gasteiger partial charge in [-0.2, -0.15) is 0 Å². The molecule has 8 heteroatoms. The van der Waals surface area contributed by atoms with Crippen molar-refractivity contribution in [1.29, 1.82) is 0 Å². The Kier molecular flexibility index (Phi) is 3.10. The van der Waals surface area contributed by atoms with Gasteiger partial charge in [-0.05, 0) is 0 Å². The van der Waals surface area contributed by atoms with E-state index >= 15 is 0 Å². The molecule has 0 fully saturated rings. The molecule has 0 bridgehead atoms. The van der Waals surface area contributed by atoms with Gasteiger partial charge in [0.25, 0.3) is 11.9 Å². The lowest BCUT2D eigenvalue weighted by molar-refractivity contribution is -0.387.